The Morgan fingerprint density at radius 3 is 2.43 bits per heavy atom. The number of nitrogens with zero attached hydrogens (tertiary/aromatic N) is 1. The van der Waals surface area contributed by atoms with Crippen LogP contribution in [-0.4, -0.2) is 75.2 Å². The van der Waals surface area contributed by atoms with Crippen molar-refractivity contribution >= 4 is 8.32 Å². The number of hydroxylamine groups is 2. The molecule has 4 aliphatic heterocycles. The molecule has 4 saturated heterocycles. The van der Waals surface area contributed by atoms with E-state index in [4.69, 9.17) is 28.2 Å². The van der Waals surface area contributed by atoms with Crippen molar-refractivity contribution in [2.75, 3.05) is 20.3 Å². The van der Waals surface area contributed by atoms with Crippen molar-refractivity contribution in [1.82, 2.24) is 5.06 Å². The number of fused-ring (bicyclic) bond motifs is 6. The van der Waals surface area contributed by atoms with Gasteiger partial charge in [-0.15, -0.1) is 0 Å². The second-order valence-electron chi connectivity index (χ2n) is 11.2. The third-order valence-corrected chi connectivity index (χ3v) is 11.7. The lowest BCUT2D eigenvalue weighted by molar-refractivity contribution is -0.285. The number of ether oxygens (including phenoxy) is 4. The summed E-state index contributed by atoms with van der Waals surface area (Å²) in [7, 11) is 0.0514. The number of hydrogen-bond donors (Lipinski definition) is 0. The molecule has 6 atom stereocenters. The molecule has 0 spiro atoms. The topological polar surface area (TPSA) is 58.6 Å². The predicted molar refractivity (Wildman–Crippen MR) is 106 cm³/mol. The minimum atomic E-state index is -1.94. The van der Waals surface area contributed by atoms with E-state index in [-0.39, 0.29) is 23.4 Å². The molecule has 0 aromatic heterocycles. The molecule has 4 heterocycles. The van der Waals surface area contributed by atoms with Gasteiger partial charge in [-0.05, 0) is 38.9 Å². The highest BCUT2D eigenvalue weighted by molar-refractivity contribution is 6.74. The molecule has 0 amide bonds. The molecule has 7 nitrogen and oxygen atoms in total. The Balaban J connectivity index is 1.64. The first-order chi connectivity index (χ1) is 12.7. The molecule has 0 aliphatic carbocycles. The normalized spacial score (nSPS) is 45.8. The molecule has 162 valence electrons. The zero-order valence-corrected chi connectivity index (χ0v) is 19.8. The van der Waals surface area contributed by atoms with Crippen molar-refractivity contribution < 1.29 is 28.2 Å². The standard InChI is InChI=1S/C20H37NO6Si/c1-17(2,3)28(8,9)23-12-20-10-19(6,27-21(20)7)11-22-13-14-16(24-15(13)20)26-18(4,5)25-14/h13-16H,10-12H2,1-9H3/t13-,14-,15+,16-,19-,20-/m1/s1. The lowest BCUT2D eigenvalue weighted by Gasteiger charge is -2.44. The molecule has 4 rings (SSSR count). The first-order valence-electron chi connectivity index (χ1n) is 10.4. The van der Waals surface area contributed by atoms with Gasteiger partial charge in [-0.1, -0.05) is 20.8 Å². The van der Waals surface area contributed by atoms with E-state index in [2.05, 4.69) is 40.8 Å². The van der Waals surface area contributed by atoms with Crippen molar-refractivity contribution in [2.24, 2.45) is 0 Å². The third kappa shape index (κ3) is 3.21. The van der Waals surface area contributed by atoms with Gasteiger partial charge in [0, 0.05) is 13.5 Å². The Morgan fingerprint density at radius 1 is 1.11 bits per heavy atom. The molecule has 8 heteroatoms. The number of rotatable bonds is 3. The molecule has 4 aliphatic rings. The summed E-state index contributed by atoms with van der Waals surface area (Å²) in [5, 5.41) is 2.10. The number of likely N-dealkylation sites (N-methyl/N-ethyl adjacent to an activating group) is 1. The summed E-state index contributed by atoms with van der Waals surface area (Å²) in [5.41, 5.74) is -0.837. The van der Waals surface area contributed by atoms with Crippen LogP contribution >= 0.6 is 0 Å². The molecule has 0 N–H and O–H groups in total. The summed E-state index contributed by atoms with van der Waals surface area (Å²) < 4.78 is 31.6. The smallest absolute Gasteiger partial charge is 0.192 e. The first-order valence-corrected chi connectivity index (χ1v) is 13.3. The number of hydrogen-bond acceptors (Lipinski definition) is 7. The SMILES string of the molecule is CN1O[C@@]2(C)CO[C@@H]3[C@H]4OC(C)(C)O[C@H]4O[C@@H]3[C@]1(CO[Si](C)(C)C(C)(C)C)C2. The minimum absolute atomic E-state index is 0.134. The van der Waals surface area contributed by atoms with Crippen LogP contribution in [0.4, 0.5) is 0 Å². The van der Waals surface area contributed by atoms with E-state index in [1.165, 1.54) is 0 Å². The Hall–Kier alpha value is -0.0631. The summed E-state index contributed by atoms with van der Waals surface area (Å²) in [5.74, 6) is -0.661. The van der Waals surface area contributed by atoms with Crippen LogP contribution in [0.2, 0.25) is 18.1 Å². The van der Waals surface area contributed by atoms with Gasteiger partial charge in [0.15, 0.2) is 20.4 Å². The fourth-order valence-electron chi connectivity index (χ4n) is 4.68. The monoisotopic (exact) mass is 415 g/mol. The van der Waals surface area contributed by atoms with Crippen molar-refractivity contribution in [3.8, 4) is 0 Å². The van der Waals surface area contributed by atoms with Crippen LogP contribution in [0, 0.1) is 0 Å². The Labute approximate surface area is 170 Å². The molecular formula is C20H37NO6Si. The van der Waals surface area contributed by atoms with Gasteiger partial charge in [0.25, 0.3) is 0 Å². The Bertz CT molecular complexity index is 637. The van der Waals surface area contributed by atoms with Crippen LogP contribution in [0.25, 0.3) is 0 Å². The highest BCUT2D eigenvalue weighted by atomic mass is 28.4. The molecule has 28 heavy (non-hydrogen) atoms. The summed E-state index contributed by atoms with van der Waals surface area (Å²) >= 11 is 0. The molecule has 0 unspecified atom stereocenters. The van der Waals surface area contributed by atoms with Crippen LogP contribution in [0.3, 0.4) is 0 Å². The average molecular weight is 416 g/mol. The van der Waals surface area contributed by atoms with Crippen LogP contribution in [0.5, 0.6) is 0 Å². The van der Waals surface area contributed by atoms with E-state index < -0.39 is 31.5 Å². The van der Waals surface area contributed by atoms with Gasteiger partial charge in [-0.3, -0.25) is 4.84 Å². The highest BCUT2D eigenvalue weighted by Crippen LogP contribution is 2.52. The van der Waals surface area contributed by atoms with Gasteiger partial charge >= 0.3 is 0 Å². The lowest BCUT2D eigenvalue weighted by atomic mass is 9.82. The van der Waals surface area contributed by atoms with Crippen LogP contribution in [0.1, 0.15) is 48.0 Å². The molecule has 0 aromatic carbocycles. The fourth-order valence-corrected chi connectivity index (χ4v) is 5.73. The highest BCUT2D eigenvalue weighted by Gasteiger charge is 2.68. The Morgan fingerprint density at radius 2 is 1.79 bits per heavy atom. The third-order valence-electron chi connectivity index (χ3n) is 7.26. The second-order valence-corrected chi connectivity index (χ2v) is 16.0. The Kier molecular flexibility index (Phi) is 4.71. The molecule has 0 aromatic rings. The molecular weight excluding hydrogens is 378 g/mol. The largest absolute Gasteiger partial charge is 0.415 e. The molecule has 0 saturated carbocycles. The summed E-state index contributed by atoms with van der Waals surface area (Å²) in [6, 6.07) is 0. The first kappa shape index (κ1) is 21.2. The van der Waals surface area contributed by atoms with Gasteiger partial charge in [0.05, 0.1) is 18.8 Å². The van der Waals surface area contributed by atoms with E-state index in [1.54, 1.807) is 0 Å². The van der Waals surface area contributed by atoms with E-state index in [1.807, 2.05) is 26.0 Å². The van der Waals surface area contributed by atoms with Crippen molar-refractivity contribution in [1.29, 1.82) is 0 Å². The maximum atomic E-state index is 6.70. The quantitative estimate of drug-likeness (QED) is 0.657. The van der Waals surface area contributed by atoms with Crippen molar-refractivity contribution in [3.63, 3.8) is 0 Å². The van der Waals surface area contributed by atoms with Crippen LogP contribution < -0.4 is 0 Å². The maximum absolute atomic E-state index is 6.70. The van der Waals surface area contributed by atoms with Gasteiger partial charge in [-0.2, -0.15) is 5.06 Å². The van der Waals surface area contributed by atoms with Crippen molar-refractivity contribution in [2.45, 2.75) is 108 Å². The van der Waals surface area contributed by atoms with Gasteiger partial charge < -0.3 is 23.4 Å². The van der Waals surface area contributed by atoms with Crippen LogP contribution in [0.15, 0.2) is 0 Å². The molecule has 4 fully saturated rings. The molecule has 0 radical (unpaired) electrons. The van der Waals surface area contributed by atoms with Crippen molar-refractivity contribution in [3.05, 3.63) is 0 Å². The van der Waals surface area contributed by atoms with E-state index in [0.717, 1.165) is 6.42 Å². The van der Waals surface area contributed by atoms with Gasteiger partial charge in [0.1, 0.15) is 23.9 Å². The average Bonchev–Trinajstić information content (AvgIpc) is 3.05. The summed E-state index contributed by atoms with van der Waals surface area (Å²) in [4.78, 5) is 6.26. The maximum Gasteiger partial charge on any atom is 0.192 e. The van der Waals surface area contributed by atoms with Gasteiger partial charge in [-0.25, -0.2) is 0 Å². The lowest BCUT2D eigenvalue weighted by Crippen LogP contribution is -2.61. The second kappa shape index (κ2) is 6.23. The predicted octanol–water partition coefficient (Wildman–Crippen LogP) is 3.05. The summed E-state index contributed by atoms with van der Waals surface area (Å²) in [6.07, 6.45) is -0.315. The molecule has 2 bridgehead atoms. The van der Waals surface area contributed by atoms with E-state index in [9.17, 15) is 0 Å². The fraction of sp³-hybridized carbons (Fsp3) is 1.00. The zero-order valence-electron chi connectivity index (χ0n) is 18.8. The zero-order chi connectivity index (χ0) is 20.8. The summed E-state index contributed by atoms with van der Waals surface area (Å²) in [6.45, 7) is 18.3. The van der Waals surface area contributed by atoms with Gasteiger partial charge in [0.2, 0.25) is 0 Å². The minimum Gasteiger partial charge on any atom is -0.415 e. The van der Waals surface area contributed by atoms with Crippen LogP contribution in [-0.2, 0) is 28.2 Å². The van der Waals surface area contributed by atoms with E-state index >= 15 is 0 Å². The van der Waals surface area contributed by atoms with E-state index in [0.29, 0.717) is 13.2 Å².